The Morgan fingerprint density at radius 2 is 2.08 bits per heavy atom. The molecule has 0 amide bonds. The second-order valence-electron chi connectivity index (χ2n) is 7.38. The molecule has 1 saturated carbocycles. The molecule has 138 valence electrons. The molecule has 1 aliphatic carbocycles. The van der Waals surface area contributed by atoms with Crippen LogP contribution in [0.2, 0.25) is 0 Å². The van der Waals surface area contributed by atoms with Gasteiger partial charge in [-0.1, -0.05) is 0 Å². The van der Waals surface area contributed by atoms with Gasteiger partial charge in [0.25, 0.3) is 5.56 Å². The Balaban J connectivity index is 1.97. The van der Waals surface area contributed by atoms with E-state index in [9.17, 15) is 19.1 Å². The number of aromatic nitrogens is 1. The van der Waals surface area contributed by atoms with Crippen molar-refractivity contribution in [2.45, 2.75) is 32.2 Å². The Bertz CT molecular complexity index is 965. The van der Waals surface area contributed by atoms with Crippen molar-refractivity contribution >= 4 is 22.6 Å². The zero-order valence-electron chi connectivity index (χ0n) is 14.7. The van der Waals surface area contributed by atoms with Gasteiger partial charge in [-0.05, 0) is 56.3 Å². The molecule has 2 heterocycles. The molecule has 1 saturated heterocycles. The van der Waals surface area contributed by atoms with Crippen LogP contribution in [-0.2, 0) is 0 Å². The molecule has 0 radical (unpaired) electrons. The maximum Gasteiger partial charge on any atom is 0.341 e. The molecule has 6 nitrogen and oxygen atoms in total. The molecular weight excluding hydrogens is 337 g/mol. The average molecular weight is 359 g/mol. The highest BCUT2D eigenvalue weighted by Crippen LogP contribution is 2.40. The monoisotopic (exact) mass is 359 g/mol. The van der Waals surface area contributed by atoms with Crippen molar-refractivity contribution in [3.63, 3.8) is 0 Å². The number of carboxylic acid groups (broad SMARTS) is 1. The van der Waals surface area contributed by atoms with Crippen molar-refractivity contribution in [2.24, 2.45) is 11.7 Å². The minimum atomic E-state index is -1.28. The van der Waals surface area contributed by atoms with E-state index in [2.05, 4.69) is 0 Å². The highest BCUT2D eigenvalue weighted by molar-refractivity contribution is 5.95. The Hall–Kier alpha value is -2.41. The molecule has 2 fully saturated rings. The summed E-state index contributed by atoms with van der Waals surface area (Å²) in [5.74, 6) is -1.33. The number of hydrogen-bond donors (Lipinski definition) is 2. The summed E-state index contributed by atoms with van der Waals surface area (Å²) in [6.07, 6.45) is 2.59. The van der Waals surface area contributed by atoms with E-state index < -0.39 is 11.5 Å². The van der Waals surface area contributed by atoms with Crippen LogP contribution in [0.1, 0.15) is 41.2 Å². The largest absolute Gasteiger partial charge is 0.477 e. The predicted octanol–water partition coefficient (Wildman–Crippen LogP) is 2.27. The number of halogens is 1. The number of carboxylic acids is 1. The summed E-state index contributed by atoms with van der Waals surface area (Å²) in [6, 6.07) is 2.65. The first-order valence-corrected chi connectivity index (χ1v) is 8.99. The number of carbonyl (C=O) groups is 1. The van der Waals surface area contributed by atoms with Crippen molar-refractivity contribution in [3.8, 4) is 0 Å². The van der Waals surface area contributed by atoms with Crippen LogP contribution in [0.15, 0.2) is 16.9 Å². The van der Waals surface area contributed by atoms with E-state index in [1.807, 2.05) is 11.8 Å². The summed E-state index contributed by atoms with van der Waals surface area (Å²) in [6.45, 7) is 3.81. The van der Waals surface area contributed by atoms with E-state index in [-0.39, 0.29) is 17.4 Å². The quantitative estimate of drug-likeness (QED) is 0.874. The molecule has 1 aromatic carbocycles. The lowest BCUT2D eigenvalue weighted by Crippen LogP contribution is -2.28. The Labute approximate surface area is 150 Å². The first-order chi connectivity index (χ1) is 12.4. The van der Waals surface area contributed by atoms with Crippen LogP contribution < -0.4 is 16.2 Å². The third-order valence-corrected chi connectivity index (χ3v) is 5.56. The third-order valence-electron chi connectivity index (χ3n) is 5.56. The van der Waals surface area contributed by atoms with Crippen molar-refractivity contribution in [1.29, 1.82) is 0 Å². The topological polar surface area (TPSA) is 88.6 Å². The number of aromatic carboxylic acids is 1. The van der Waals surface area contributed by atoms with Crippen molar-refractivity contribution in [2.75, 3.05) is 24.5 Å². The lowest BCUT2D eigenvalue weighted by atomic mass is 10.0. The number of pyridine rings is 1. The molecule has 26 heavy (non-hydrogen) atoms. The van der Waals surface area contributed by atoms with Gasteiger partial charge < -0.3 is 20.3 Å². The van der Waals surface area contributed by atoms with Gasteiger partial charge in [0, 0.05) is 24.5 Å². The molecule has 1 aromatic heterocycles. The number of nitrogens with zero attached hydrogens (tertiary/aromatic N) is 2. The predicted molar refractivity (Wildman–Crippen MR) is 97.5 cm³/mol. The average Bonchev–Trinajstić information content (AvgIpc) is 3.32. The molecule has 2 aromatic rings. The van der Waals surface area contributed by atoms with Crippen LogP contribution in [0.4, 0.5) is 10.1 Å². The highest BCUT2D eigenvalue weighted by Gasteiger charge is 2.32. The van der Waals surface area contributed by atoms with Gasteiger partial charge in [-0.3, -0.25) is 4.79 Å². The number of nitrogens with two attached hydrogens (primary N) is 1. The van der Waals surface area contributed by atoms with E-state index in [1.54, 1.807) is 4.57 Å². The van der Waals surface area contributed by atoms with Crippen LogP contribution in [-0.4, -0.2) is 35.3 Å². The van der Waals surface area contributed by atoms with Gasteiger partial charge in [-0.2, -0.15) is 0 Å². The van der Waals surface area contributed by atoms with Gasteiger partial charge in [-0.25, -0.2) is 9.18 Å². The zero-order chi connectivity index (χ0) is 18.6. The standard InChI is InChI=1S/C19H22FN3O3/c1-10-16-12(6-14(19(25)26)18(24)23(16)13-2-3-13)7-15(20)17(10)22-5-4-11(8-21)9-22/h6-7,11,13H,2-5,8-9,21H2,1H3,(H,25,26). The number of hydrogen-bond acceptors (Lipinski definition) is 4. The lowest BCUT2D eigenvalue weighted by molar-refractivity contribution is 0.0694. The Morgan fingerprint density at radius 3 is 2.65 bits per heavy atom. The van der Waals surface area contributed by atoms with E-state index in [1.165, 1.54) is 12.1 Å². The third kappa shape index (κ3) is 2.58. The minimum absolute atomic E-state index is 0.00307. The molecular formula is C19H22FN3O3. The molecule has 7 heteroatoms. The fourth-order valence-electron chi connectivity index (χ4n) is 4.11. The normalized spacial score (nSPS) is 20.1. The molecule has 4 rings (SSSR count). The molecule has 2 aliphatic rings. The van der Waals surface area contributed by atoms with Crippen LogP contribution in [0.3, 0.4) is 0 Å². The molecule has 1 unspecified atom stereocenters. The molecule has 1 aliphatic heterocycles. The van der Waals surface area contributed by atoms with Crippen molar-refractivity contribution < 1.29 is 14.3 Å². The minimum Gasteiger partial charge on any atom is -0.477 e. The highest BCUT2D eigenvalue weighted by atomic mass is 19.1. The second kappa shape index (κ2) is 6.09. The number of fused-ring (bicyclic) bond motifs is 1. The van der Waals surface area contributed by atoms with Crippen molar-refractivity contribution in [3.05, 3.63) is 39.4 Å². The smallest absolute Gasteiger partial charge is 0.341 e. The van der Waals surface area contributed by atoms with Gasteiger partial charge in [0.15, 0.2) is 0 Å². The van der Waals surface area contributed by atoms with E-state index in [4.69, 9.17) is 5.73 Å². The van der Waals surface area contributed by atoms with Gasteiger partial charge >= 0.3 is 5.97 Å². The van der Waals surface area contributed by atoms with Gasteiger partial charge in [0.05, 0.1) is 11.2 Å². The SMILES string of the molecule is Cc1c(N2CCC(CN)C2)c(F)cc2cc(C(=O)O)c(=O)n(C3CC3)c12. The summed E-state index contributed by atoms with van der Waals surface area (Å²) in [7, 11) is 0. The second-order valence-corrected chi connectivity index (χ2v) is 7.38. The molecule has 1 atom stereocenters. The summed E-state index contributed by atoms with van der Waals surface area (Å²) in [4.78, 5) is 26.2. The summed E-state index contributed by atoms with van der Waals surface area (Å²) < 4.78 is 16.5. The van der Waals surface area contributed by atoms with Crippen LogP contribution in [0.25, 0.3) is 10.9 Å². The molecule has 0 bridgehead atoms. The van der Waals surface area contributed by atoms with Crippen molar-refractivity contribution in [1.82, 2.24) is 4.57 Å². The maximum atomic E-state index is 14.9. The maximum absolute atomic E-state index is 14.9. The number of aryl methyl sites for hydroxylation is 1. The van der Waals surface area contributed by atoms with Gasteiger partial charge in [0.2, 0.25) is 0 Å². The van der Waals surface area contributed by atoms with E-state index >= 15 is 0 Å². The summed E-state index contributed by atoms with van der Waals surface area (Å²) >= 11 is 0. The van der Waals surface area contributed by atoms with Gasteiger partial charge in [0.1, 0.15) is 11.4 Å². The van der Waals surface area contributed by atoms with E-state index in [0.29, 0.717) is 41.2 Å². The van der Waals surface area contributed by atoms with Crippen LogP contribution in [0, 0.1) is 18.7 Å². The summed E-state index contributed by atoms with van der Waals surface area (Å²) in [5.41, 5.74) is 6.79. The summed E-state index contributed by atoms with van der Waals surface area (Å²) in [5, 5.41) is 9.81. The van der Waals surface area contributed by atoms with Gasteiger partial charge in [-0.15, -0.1) is 0 Å². The zero-order valence-corrected chi connectivity index (χ0v) is 14.7. The van der Waals surface area contributed by atoms with Crippen LogP contribution >= 0.6 is 0 Å². The lowest BCUT2D eigenvalue weighted by Gasteiger charge is -2.24. The fraction of sp³-hybridized carbons (Fsp3) is 0.474. The molecule has 0 spiro atoms. The number of rotatable bonds is 4. The first kappa shape index (κ1) is 17.0. The molecule has 3 N–H and O–H groups in total. The Morgan fingerprint density at radius 1 is 1.35 bits per heavy atom. The van der Waals surface area contributed by atoms with Crippen LogP contribution in [0.5, 0.6) is 0 Å². The van der Waals surface area contributed by atoms with E-state index in [0.717, 1.165) is 25.8 Å². The number of anilines is 1. The first-order valence-electron chi connectivity index (χ1n) is 8.99. The Kier molecular flexibility index (Phi) is 3.99. The fourth-order valence-corrected chi connectivity index (χ4v) is 4.11. The number of benzene rings is 1.